The van der Waals surface area contributed by atoms with E-state index in [1.165, 1.54) is 12.3 Å². The Morgan fingerprint density at radius 3 is 2.79 bits per heavy atom. The maximum absolute atomic E-state index is 12.9. The second-order valence-corrected chi connectivity index (χ2v) is 5.10. The van der Waals surface area contributed by atoms with Crippen molar-refractivity contribution >= 4 is 0 Å². The molecule has 1 aromatic rings. The average Bonchev–Trinajstić information content (AvgIpc) is 2.43. The Morgan fingerprint density at radius 2 is 2.21 bits per heavy atom. The van der Waals surface area contributed by atoms with Crippen LogP contribution in [0, 0.1) is 5.82 Å². The van der Waals surface area contributed by atoms with Crippen LogP contribution in [0.3, 0.4) is 0 Å². The van der Waals surface area contributed by atoms with Crippen LogP contribution in [0.15, 0.2) is 18.3 Å². The first-order valence-electron chi connectivity index (χ1n) is 6.88. The largest absolute Gasteiger partial charge is 0.393 e. The summed E-state index contributed by atoms with van der Waals surface area (Å²) in [6.07, 6.45) is 3.79. The molecule has 0 radical (unpaired) electrons. The third-order valence-electron chi connectivity index (χ3n) is 3.75. The summed E-state index contributed by atoms with van der Waals surface area (Å²) >= 11 is 0. The number of hydrogen-bond acceptors (Lipinski definition) is 4. The predicted molar refractivity (Wildman–Crippen MR) is 72.3 cm³/mol. The van der Waals surface area contributed by atoms with E-state index in [1.54, 1.807) is 6.07 Å². The molecule has 2 N–H and O–H groups in total. The zero-order chi connectivity index (χ0) is 13.7. The highest BCUT2D eigenvalue weighted by atomic mass is 19.1. The van der Waals surface area contributed by atoms with Crippen LogP contribution < -0.4 is 5.32 Å². The Balaban J connectivity index is 1.84. The van der Waals surface area contributed by atoms with Gasteiger partial charge in [0.25, 0.3) is 0 Å². The lowest BCUT2D eigenvalue weighted by molar-refractivity contribution is 0.0807. The molecule has 2 heterocycles. The maximum atomic E-state index is 12.9. The number of halogens is 1. The number of aliphatic hydroxyl groups excluding tert-OH is 1. The summed E-state index contributed by atoms with van der Waals surface area (Å²) in [6, 6.07) is 3.33. The van der Waals surface area contributed by atoms with Gasteiger partial charge in [0, 0.05) is 19.6 Å². The number of aliphatic hydroxyl groups is 1. The van der Waals surface area contributed by atoms with Gasteiger partial charge >= 0.3 is 0 Å². The summed E-state index contributed by atoms with van der Waals surface area (Å²) in [5.41, 5.74) is 0.876. The van der Waals surface area contributed by atoms with Crippen molar-refractivity contribution < 1.29 is 9.50 Å². The second kappa shape index (κ2) is 6.93. The van der Waals surface area contributed by atoms with E-state index in [0.717, 1.165) is 44.6 Å². The maximum Gasteiger partial charge on any atom is 0.141 e. The number of pyridine rings is 1. The minimum atomic E-state index is -0.302. The number of likely N-dealkylation sites (tertiary alicyclic amines) is 1. The topological polar surface area (TPSA) is 48.4 Å². The predicted octanol–water partition coefficient (Wildman–Crippen LogP) is 1.33. The molecule has 0 saturated carbocycles. The molecule has 0 aliphatic carbocycles. The van der Waals surface area contributed by atoms with Crippen molar-refractivity contribution in [1.82, 2.24) is 15.2 Å². The average molecular weight is 267 g/mol. The molecule has 1 saturated heterocycles. The van der Waals surface area contributed by atoms with E-state index >= 15 is 0 Å². The van der Waals surface area contributed by atoms with Crippen molar-refractivity contribution in [2.75, 3.05) is 26.7 Å². The van der Waals surface area contributed by atoms with Crippen LogP contribution in [-0.2, 0) is 0 Å². The highest BCUT2D eigenvalue weighted by Crippen LogP contribution is 2.17. The molecule has 19 heavy (non-hydrogen) atoms. The molecule has 0 spiro atoms. The molecule has 0 aromatic carbocycles. The van der Waals surface area contributed by atoms with Gasteiger partial charge in [0.1, 0.15) is 5.82 Å². The molecular formula is C14H22FN3O. The summed E-state index contributed by atoms with van der Waals surface area (Å²) in [7, 11) is 1.90. The summed E-state index contributed by atoms with van der Waals surface area (Å²) in [6.45, 7) is 2.88. The van der Waals surface area contributed by atoms with Crippen LogP contribution in [0.1, 0.15) is 31.0 Å². The van der Waals surface area contributed by atoms with E-state index in [-0.39, 0.29) is 18.0 Å². The summed E-state index contributed by atoms with van der Waals surface area (Å²) in [5.74, 6) is -0.302. The highest BCUT2D eigenvalue weighted by molar-refractivity contribution is 5.09. The minimum Gasteiger partial charge on any atom is -0.393 e. The first-order chi connectivity index (χ1) is 9.19. The Bertz CT molecular complexity index is 377. The fraction of sp³-hybridized carbons (Fsp3) is 0.643. The lowest BCUT2D eigenvalue weighted by Gasteiger charge is -2.30. The highest BCUT2D eigenvalue weighted by Gasteiger charge is 2.18. The molecule has 106 valence electrons. The van der Waals surface area contributed by atoms with Crippen LogP contribution in [0.25, 0.3) is 0 Å². The summed E-state index contributed by atoms with van der Waals surface area (Å²) < 4.78 is 12.9. The molecule has 1 atom stereocenters. The molecular weight excluding hydrogens is 245 g/mol. The number of rotatable bonds is 5. The van der Waals surface area contributed by atoms with Crippen LogP contribution >= 0.6 is 0 Å². The standard InChI is InChI=1S/C14H22FN3O/c1-16-13(14-3-2-11(15)10-17-14)6-9-18-7-4-12(19)5-8-18/h2-3,10,12-13,16,19H,4-9H2,1H3. The van der Waals surface area contributed by atoms with E-state index in [1.807, 2.05) is 7.05 Å². The normalized spacial score (nSPS) is 19.5. The molecule has 1 unspecified atom stereocenters. The monoisotopic (exact) mass is 267 g/mol. The van der Waals surface area contributed by atoms with Gasteiger partial charge < -0.3 is 15.3 Å². The Kier molecular flexibility index (Phi) is 5.24. The molecule has 1 aromatic heterocycles. The Labute approximate surface area is 113 Å². The van der Waals surface area contributed by atoms with Crippen molar-refractivity contribution in [3.8, 4) is 0 Å². The Morgan fingerprint density at radius 1 is 1.47 bits per heavy atom. The molecule has 1 aliphatic rings. The first-order valence-corrected chi connectivity index (χ1v) is 6.88. The number of nitrogens with zero attached hydrogens (tertiary/aromatic N) is 2. The summed E-state index contributed by atoms with van der Waals surface area (Å²) in [5, 5.41) is 12.7. The molecule has 1 fully saturated rings. The van der Waals surface area contributed by atoms with Gasteiger partial charge in [-0.15, -0.1) is 0 Å². The van der Waals surface area contributed by atoms with Crippen LogP contribution in [0.2, 0.25) is 0 Å². The number of aromatic nitrogens is 1. The minimum absolute atomic E-state index is 0.130. The van der Waals surface area contributed by atoms with Crippen LogP contribution in [0.4, 0.5) is 4.39 Å². The van der Waals surface area contributed by atoms with E-state index < -0.39 is 0 Å². The molecule has 4 nitrogen and oxygen atoms in total. The molecule has 0 bridgehead atoms. The quantitative estimate of drug-likeness (QED) is 0.845. The van der Waals surface area contributed by atoms with Gasteiger partial charge in [-0.1, -0.05) is 0 Å². The number of nitrogens with one attached hydrogen (secondary N) is 1. The Hall–Kier alpha value is -1.04. The molecule has 1 aliphatic heterocycles. The molecule has 5 heteroatoms. The van der Waals surface area contributed by atoms with E-state index in [0.29, 0.717) is 0 Å². The lowest BCUT2D eigenvalue weighted by atomic mass is 10.1. The van der Waals surface area contributed by atoms with E-state index in [4.69, 9.17) is 0 Å². The van der Waals surface area contributed by atoms with E-state index in [9.17, 15) is 9.50 Å². The molecule has 0 amide bonds. The smallest absolute Gasteiger partial charge is 0.141 e. The van der Waals surface area contributed by atoms with Crippen molar-refractivity contribution in [3.63, 3.8) is 0 Å². The van der Waals surface area contributed by atoms with Crippen molar-refractivity contribution in [1.29, 1.82) is 0 Å². The van der Waals surface area contributed by atoms with Crippen molar-refractivity contribution in [2.24, 2.45) is 0 Å². The summed E-state index contributed by atoms with van der Waals surface area (Å²) in [4.78, 5) is 6.49. The lowest BCUT2D eigenvalue weighted by Crippen LogP contribution is -2.37. The SMILES string of the molecule is CNC(CCN1CCC(O)CC1)c1ccc(F)cn1. The zero-order valence-electron chi connectivity index (χ0n) is 11.3. The van der Waals surface area contributed by atoms with E-state index in [2.05, 4.69) is 15.2 Å². The van der Waals surface area contributed by atoms with Crippen LogP contribution in [0.5, 0.6) is 0 Å². The second-order valence-electron chi connectivity index (χ2n) is 5.10. The third-order valence-corrected chi connectivity index (χ3v) is 3.75. The zero-order valence-corrected chi connectivity index (χ0v) is 11.3. The fourth-order valence-corrected chi connectivity index (χ4v) is 2.49. The third kappa shape index (κ3) is 4.23. The number of piperidine rings is 1. The van der Waals surface area contributed by atoms with Gasteiger partial charge in [-0.3, -0.25) is 4.98 Å². The van der Waals surface area contributed by atoms with Crippen molar-refractivity contribution in [3.05, 3.63) is 29.8 Å². The van der Waals surface area contributed by atoms with Crippen molar-refractivity contribution in [2.45, 2.75) is 31.4 Å². The van der Waals surface area contributed by atoms with Gasteiger partial charge in [-0.05, 0) is 38.4 Å². The number of hydrogen-bond donors (Lipinski definition) is 2. The van der Waals surface area contributed by atoms with Gasteiger partial charge in [0.15, 0.2) is 0 Å². The van der Waals surface area contributed by atoms with Gasteiger partial charge in [0.2, 0.25) is 0 Å². The van der Waals surface area contributed by atoms with Gasteiger partial charge in [-0.25, -0.2) is 4.39 Å². The first kappa shape index (κ1) is 14.4. The van der Waals surface area contributed by atoms with Crippen LogP contribution in [-0.4, -0.2) is 47.8 Å². The van der Waals surface area contributed by atoms with Gasteiger partial charge in [-0.2, -0.15) is 0 Å². The fourth-order valence-electron chi connectivity index (χ4n) is 2.49. The van der Waals surface area contributed by atoms with Gasteiger partial charge in [0.05, 0.1) is 24.0 Å². The molecule has 2 rings (SSSR count).